The van der Waals surface area contributed by atoms with Crippen LogP contribution in [0.25, 0.3) is 22.5 Å². The van der Waals surface area contributed by atoms with Crippen molar-refractivity contribution in [3.63, 3.8) is 0 Å². The zero-order valence-corrected chi connectivity index (χ0v) is 13.2. The minimum Gasteiger partial charge on any atom is -0.441 e. The zero-order chi connectivity index (χ0) is 15.8. The van der Waals surface area contributed by atoms with Crippen molar-refractivity contribution in [1.29, 1.82) is 0 Å². The number of nitrogens with zero attached hydrogens (tertiary/aromatic N) is 4. The maximum Gasteiger partial charge on any atom is 0.228 e. The third kappa shape index (κ3) is 2.49. The highest BCUT2D eigenvalue weighted by atomic mass is 35.5. The molecule has 114 valence electrons. The van der Waals surface area contributed by atoms with E-state index >= 15 is 0 Å². The smallest absolute Gasteiger partial charge is 0.228 e. The van der Waals surface area contributed by atoms with E-state index in [2.05, 4.69) is 15.1 Å². The second-order valence-electron chi connectivity index (χ2n) is 5.22. The van der Waals surface area contributed by atoms with Gasteiger partial charge in [-0.2, -0.15) is 5.10 Å². The molecule has 6 heteroatoms. The van der Waals surface area contributed by atoms with Gasteiger partial charge >= 0.3 is 0 Å². The van der Waals surface area contributed by atoms with Gasteiger partial charge < -0.3 is 4.42 Å². The molecule has 0 unspecified atom stereocenters. The van der Waals surface area contributed by atoms with E-state index in [0.29, 0.717) is 17.5 Å². The first kappa shape index (κ1) is 14.0. The lowest BCUT2D eigenvalue weighted by Gasteiger charge is -2.00. The summed E-state index contributed by atoms with van der Waals surface area (Å²) in [4.78, 5) is 8.95. The predicted octanol–water partition coefficient (Wildman–Crippen LogP) is 4.10. The van der Waals surface area contributed by atoms with E-state index in [0.717, 1.165) is 28.1 Å². The van der Waals surface area contributed by atoms with Crippen molar-refractivity contribution in [2.24, 2.45) is 0 Å². The number of oxazole rings is 1. The van der Waals surface area contributed by atoms with E-state index in [9.17, 15) is 0 Å². The first-order chi connectivity index (χ1) is 11.2. The largest absolute Gasteiger partial charge is 0.441 e. The molecule has 3 aromatic heterocycles. The van der Waals surface area contributed by atoms with Crippen LogP contribution in [-0.4, -0.2) is 19.7 Å². The van der Waals surface area contributed by atoms with Crippen LogP contribution in [0.15, 0.2) is 53.2 Å². The van der Waals surface area contributed by atoms with Crippen LogP contribution in [0.2, 0.25) is 5.02 Å². The zero-order valence-electron chi connectivity index (χ0n) is 12.4. The van der Waals surface area contributed by atoms with Crippen LogP contribution in [-0.2, 0) is 6.54 Å². The molecule has 0 saturated heterocycles. The lowest BCUT2D eigenvalue weighted by molar-refractivity contribution is 0.536. The summed E-state index contributed by atoms with van der Waals surface area (Å²) in [5.41, 5.74) is 2.43. The van der Waals surface area contributed by atoms with E-state index in [1.807, 2.05) is 48.0 Å². The highest BCUT2D eigenvalue weighted by molar-refractivity contribution is 6.33. The SMILES string of the molecule is Cc1oc(-c2ccccc2Cl)nc1Cn1ncc2cccnc21. The maximum atomic E-state index is 6.21. The third-order valence-electron chi connectivity index (χ3n) is 3.69. The van der Waals surface area contributed by atoms with E-state index in [-0.39, 0.29) is 0 Å². The normalized spacial score (nSPS) is 11.2. The lowest BCUT2D eigenvalue weighted by atomic mass is 10.2. The number of rotatable bonds is 3. The van der Waals surface area contributed by atoms with Crippen molar-refractivity contribution < 1.29 is 4.42 Å². The Bertz CT molecular complexity index is 989. The molecule has 5 nitrogen and oxygen atoms in total. The van der Waals surface area contributed by atoms with Crippen molar-refractivity contribution in [3.8, 4) is 11.5 Å². The average Bonchev–Trinajstić information content (AvgIpc) is 3.13. The number of aromatic nitrogens is 4. The fourth-order valence-electron chi connectivity index (χ4n) is 2.49. The Hall–Kier alpha value is -2.66. The molecule has 0 fully saturated rings. The van der Waals surface area contributed by atoms with Gasteiger partial charge in [-0.3, -0.25) is 0 Å². The summed E-state index contributed by atoms with van der Waals surface area (Å²) in [7, 11) is 0. The van der Waals surface area contributed by atoms with Gasteiger partial charge in [-0.25, -0.2) is 14.6 Å². The molecule has 23 heavy (non-hydrogen) atoms. The summed E-state index contributed by atoms with van der Waals surface area (Å²) >= 11 is 6.21. The first-order valence-corrected chi connectivity index (χ1v) is 7.58. The fourth-order valence-corrected chi connectivity index (χ4v) is 2.71. The van der Waals surface area contributed by atoms with Gasteiger partial charge in [0.2, 0.25) is 5.89 Å². The molecule has 0 aliphatic carbocycles. The Kier molecular flexibility index (Phi) is 3.35. The summed E-state index contributed by atoms with van der Waals surface area (Å²) in [5, 5.41) is 5.99. The molecule has 3 heterocycles. The molecule has 0 radical (unpaired) electrons. The Morgan fingerprint density at radius 2 is 2.04 bits per heavy atom. The van der Waals surface area contributed by atoms with Crippen LogP contribution in [0.5, 0.6) is 0 Å². The highest BCUT2D eigenvalue weighted by Gasteiger charge is 2.15. The molecule has 1 aromatic carbocycles. The minimum atomic E-state index is 0.500. The highest BCUT2D eigenvalue weighted by Crippen LogP contribution is 2.28. The molecule has 0 N–H and O–H groups in total. The molecule has 4 rings (SSSR count). The van der Waals surface area contributed by atoms with Gasteiger partial charge in [0.25, 0.3) is 0 Å². The summed E-state index contributed by atoms with van der Waals surface area (Å²) < 4.78 is 7.60. The number of benzene rings is 1. The van der Waals surface area contributed by atoms with E-state index in [4.69, 9.17) is 16.0 Å². The van der Waals surface area contributed by atoms with Crippen LogP contribution in [0.4, 0.5) is 0 Å². The topological polar surface area (TPSA) is 56.7 Å². The number of hydrogen-bond acceptors (Lipinski definition) is 4. The molecule has 0 saturated carbocycles. The second-order valence-corrected chi connectivity index (χ2v) is 5.63. The molecule has 4 aromatic rings. The molecule has 0 atom stereocenters. The molecule has 0 amide bonds. The van der Waals surface area contributed by atoms with Gasteiger partial charge in [-0.1, -0.05) is 23.7 Å². The van der Waals surface area contributed by atoms with Gasteiger partial charge in [0.05, 0.1) is 23.3 Å². The van der Waals surface area contributed by atoms with Crippen molar-refractivity contribution in [2.75, 3.05) is 0 Å². The number of fused-ring (bicyclic) bond motifs is 1. The van der Waals surface area contributed by atoms with Crippen molar-refractivity contribution in [3.05, 3.63) is 65.3 Å². The predicted molar refractivity (Wildman–Crippen MR) is 88.3 cm³/mol. The van der Waals surface area contributed by atoms with Crippen molar-refractivity contribution in [1.82, 2.24) is 19.7 Å². The summed E-state index contributed by atoms with van der Waals surface area (Å²) in [6.45, 7) is 2.39. The minimum absolute atomic E-state index is 0.500. The quantitative estimate of drug-likeness (QED) is 0.569. The van der Waals surface area contributed by atoms with Crippen LogP contribution in [0.1, 0.15) is 11.5 Å². The van der Waals surface area contributed by atoms with Gasteiger partial charge in [0.1, 0.15) is 11.5 Å². The van der Waals surface area contributed by atoms with E-state index in [1.54, 1.807) is 12.4 Å². The van der Waals surface area contributed by atoms with Crippen LogP contribution in [0.3, 0.4) is 0 Å². The van der Waals surface area contributed by atoms with E-state index in [1.165, 1.54) is 0 Å². The standard InChI is InChI=1S/C17H13ClN4O/c1-11-15(10-22-16-12(9-20-22)5-4-8-19-16)21-17(23-11)13-6-2-3-7-14(13)18/h2-9H,10H2,1H3. The molecular formula is C17H13ClN4O. The summed E-state index contributed by atoms with van der Waals surface area (Å²) in [5.74, 6) is 1.27. The van der Waals surface area contributed by atoms with Gasteiger partial charge in [-0.05, 0) is 31.2 Å². The Morgan fingerprint density at radius 1 is 1.17 bits per heavy atom. The molecule has 0 aliphatic heterocycles. The number of halogens is 1. The Balaban J connectivity index is 1.72. The number of aryl methyl sites for hydroxylation is 1. The van der Waals surface area contributed by atoms with Crippen LogP contribution >= 0.6 is 11.6 Å². The third-order valence-corrected chi connectivity index (χ3v) is 4.02. The summed E-state index contributed by atoms with van der Waals surface area (Å²) in [6, 6.07) is 11.4. The van der Waals surface area contributed by atoms with Crippen LogP contribution < -0.4 is 0 Å². The van der Waals surface area contributed by atoms with Gasteiger partial charge in [-0.15, -0.1) is 0 Å². The van der Waals surface area contributed by atoms with Crippen molar-refractivity contribution in [2.45, 2.75) is 13.5 Å². The van der Waals surface area contributed by atoms with Gasteiger partial charge in [0, 0.05) is 11.6 Å². The van der Waals surface area contributed by atoms with Gasteiger partial charge in [0.15, 0.2) is 5.65 Å². The number of pyridine rings is 1. The lowest BCUT2D eigenvalue weighted by Crippen LogP contribution is -2.04. The average molecular weight is 325 g/mol. The molecule has 0 bridgehead atoms. The van der Waals surface area contributed by atoms with Crippen molar-refractivity contribution >= 4 is 22.6 Å². The fraction of sp³-hybridized carbons (Fsp3) is 0.118. The number of hydrogen-bond donors (Lipinski definition) is 0. The molecule has 0 aliphatic rings. The van der Waals surface area contributed by atoms with E-state index < -0.39 is 0 Å². The Labute approximate surface area is 137 Å². The second kappa shape index (κ2) is 5.52. The summed E-state index contributed by atoms with van der Waals surface area (Å²) in [6.07, 6.45) is 3.55. The Morgan fingerprint density at radius 3 is 2.91 bits per heavy atom. The van der Waals surface area contributed by atoms with Crippen LogP contribution in [0, 0.1) is 6.92 Å². The monoisotopic (exact) mass is 324 g/mol. The first-order valence-electron chi connectivity index (χ1n) is 7.20. The maximum absolute atomic E-state index is 6.21. The molecular weight excluding hydrogens is 312 g/mol. The molecule has 0 spiro atoms.